The van der Waals surface area contributed by atoms with Crippen molar-refractivity contribution in [3.8, 4) is 67.5 Å². The second-order valence-corrected chi connectivity index (χ2v) is 10.8. The SMILES string of the molecule is c1ccc(-c2ccc(-c3nc(-c4cccnc4)nc(-c4cccc(-c5ccc6c(c5)Cc5ccccc5-6)c4)n3)cc2)cc1. The van der Waals surface area contributed by atoms with Crippen LogP contribution >= 0.6 is 0 Å². The lowest BCUT2D eigenvalue weighted by Gasteiger charge is -2.11. The van der Waals surface area contributed by atoms with Gasteiger partial charge in [0.2, 0.25) is 0 Å². The molecule has 2 heterocycles. The second-order valence-electron chi connectivity index (χ2n) is 10.8. The molecule has 2 aromatic heterocycles. The van der Waals surface area contributed by atoms with Crippen molar-refractivity contribution in [2.24, 2.45) is 0 Å². The van der Waals surface area contributed by atoms with E-state index in [-0.39, 0.29) is 0 Å². The molecule has 4 heteroatoms. The predicted octanol–water partition coefficient (Wildman–Crippen LogP) is 9.17. The van der Waals surface area contributed by atoms with E-state index in [0.717, 1.165) is 34.2 Å². The summed E-state index contributed by atoms with van der Waals surface area (Å²) in [5.74, 6) is 1.86. The smallest absolute Gasteiger partial charge is 0.165 e. The zero-order chi connectivity index (χ0) is 28.6. The van der Waals surface area contributed by atoms with Gasteiger partial charge in [0.25, 0.3) is 0 Å². The van der Waals surface area contributed by atoms with Gasteiger partial charge in [0.1, 0.15) is 0 Å². The fraction of sp³-hybridized carbons (Fsp3) is 0.0256. The highest BCUT2D eigenvalue weighted by Crippen LogP contribution is 2.39. The van der Waals surface area contributed by atoms with E-state index in [9.17, 15) is 0 Å². The summed E-state index contributed by atoms with van der Waals surface area (Å²) in [6.07, 6.45) is 4.52. The summed E-state index contributed by atoms with van der Waals surface area (Å²) in [7, 11) is 0. The molecule has 7 aromatic rings. The van der Waals surface area contributed by atoms with Gasteiger partial charge < -0.3 is 0 Å². The van der Waals surface area contributed by atoms with Gasteiger partial charge in [-0.3, -0.25) is 4.98 Å². The first-order valence-electron chi connectivity index (χ1n) is 14.4. The van der Waals surface area contributed by atoms with Crippen molar-refractivity contribution in [2.75, 3.05) is 0 Å². The van der Waals surface area contributed by atoms with Gasteiger partial charge in [-0.15, -0.1) is 0 Å². The normalized spacial score (nSPS) is 11.6. The third-order valence-electron chi connectivity index (χ3n) is 8.05. The molecule has 0 atom stereocenters. The summed E-state index contributed by atoms with van der Waals surface area (Å²) in [6, 6.07) is 46.6. The Balaban J connectivity index is 1.19. The van der Waals surface area contributed by atoms with Crippen LogP contribution in [0, 0.1) is 0 Å². The van der Waals surface area contributed by atoms with Gasteiger partial charge in [-0.05, 0) is 69.1 Å². The van der Waals surface area contributed by atoms with E-state index in [1.807, 2.05) is 18.2 Å². The third kappa shape index (κ3) is 4.79. The third-order valence-corrected chi connectivity index (χ3v) is 8.05. The molecule has 0 bridgehead atoms. The molecule has 0 amide bonds. The van der Waals surface area contributed by atoms with Gasteiger partial charge >= 0.3 is 0 Å². The number of pyridine rings is 1. The highest BCUT2D eigenvalue weighted by Gasteiger charge is 2.19. The Morgan fingerprint density at radius 3 is 1.77 bits per heavy atom. The summed E-state index contributed by atoms with van der Waals surface area (Å²) < 4.78 is 0. The molecule has 0 N–H and O–H groups in total. The fourth-order valence-electron chi connectivity index (χ4n) is 5.86. The van der Waals surface area contributed by atoms with E-state index in [1.54, 1.807) is 12.4 Å². The summed E-state index contributed by atoms with van der Waals surface area (Å²) in [6.45, 7) is 0. The average molecular weight is 551 g/mol. The van der Waals surface area contributed by atoms with Crippen molar-refractivity contribution in [1.82, 2.24) is 19.9 Å². The van der Waals surface area contributed by atoms with Gasteiger partial charge in [0.05, 0.1) is 0 Å². The molecule has 202 valence electrons. The van der Waals surface area contributed by atoms with Crippen LogP contribution in [0.3, 0.4) is 0 Å². The lowest BCUT2D eigenvalue weighted by atomic mass is 9.98. The van der Waals surface area contributed by atoms with E-state index < -0.39 is 0 Å². The lowest BCUT2D eigenvalue weighted by molar-refractivity contribution is 1.07. The number of benzene rings is 5. The number of aromatic nitrogens is 4. The maximum absolute atomic E-state index is 4.98. The first kappa shape index (κ1) is 25.0. The standard InChI is InChI=1S/C39H26N4/c1-2-8-26(9-3-1)27-15-17-28(18-16-27)37-41-38(43-39(42-37)33-13-7-21-40-25-33)32-12-6-11-29(22-32)30-19-20-36-34(23-30)24-31-10-4-5-14-35(31)36/h1-23,25H,24H2. The van der Waals surface area contributed by atoms with Crippen molar-refractivity contribution in [2.45, 2.75) is 6.42 Å². The van der Waals surface area contributed by atoms with Crippen LogP contribution in [0.2, 0.25) is 0 Å². The minimum absolute atomic E-state index is 0.598. The van der Waals surface area contributed by atoms with Gasteiger partial charge in [-0.25, -0.2) is 15.0 Å². The zero-order valence-electron chi connectivity index (χ0n) is 23.4. The molecule has 4 nitrogen and oxygen atoms in total. The predicted molar refractivity (Wildman–Crippen MR) is 173 cm³/mol. The summed E-state index contributed by atoms with van der Waals surface area (Å²) in [5, 5.41) is 0. The van der Waals surface area contributed by atoms with E-state index in [4.69, 9.17) is 15.0 Å². The molecular formula is C39H26N4. The van der Waals surface area contributed by atoms with Gasteiger partial charge in [-0.1, -0.05) is 115 Å². The summed E-state index contributed by atoms with van der Waals surface area (Å²) in [5.41, 5.74) is 12.8. The van der Waals surface area contributed by atoms with E-state index in [1.165, 1.54) is 33.4 Å². The first-order valence-corrected chi connectivity index (χ1v) is 14.4. The highest BCUT2D eigenvalue weighted by atomic mass is 15.0. The molecule has 0 spiro atoms. The van der Waals surface area contributed by atoms with Crippen LogP contribution in [0.4, 0.5) is 0 Å². The Bertz CT molecular complexity index is 2090. The molecule has 1 aliphatic carbocycles. The Morgan fingerprint density at radius 1 is 0.372 bits per heavy atom. The minimum atomic E-state index is 0.598. The zero-order valence-corrected chi connectivity index (χ0v) is 23.4. The molecule has 8 rings (SSSR count). The van der Waals surface area contributed by atoms with Crippen LogP contribution < -0.4 is 0 Å². The molecule has 0 unspecified atom stereocenters. The molecule has 0 saturated heterocycles. The highest BCUT2D eigenvalue weighted by molar-refractivity contribution is 5.81. The number of hydrogen-bond acceptors (Lipinski definition) is 4. The quantitative estimate of drug-likeness (QED) is 0.214. The van der Waals surface area contributed by atoms with Crippen LogP contribution in [0.1, 0.15) is 11.1 Å². The van der Waals surface area contributed by atoms with Crippen molar-refractivity contribution in [3.63, 3.8) is 0 Å². The first-order chi connectivity index (χ1) is 21.3. The van der Waals surface area contributed by atoms with Crippen LogP contribution in [0.15, 0.2) is 146 Å². The monoisotopic (exact) mass is 550 g/mol. The van der Waals surface area contributed by atoms with E-state index in [2.05, 4.69) is 120 Å². The Morgan fingerprint density at radius 2 is 0.953 bits per heavy atom. The molecule has 1 aliphatic rings. The van der Waals surface area contributed by atoms with E-state index >= 15 is 0 Å². The summed E-state index contributed by atoms with van der Waals surface area (Å²) in [4.78, 5) is 19.1. The van der Waals surface area contributed by atoms with Crippen molar-refractivity contribution >= 4 is 0 Å². The van der Waals surface area contributed by atoms with Crippen LogP contribution in [0.25, 0.3) is 67.5 Å². The molecule has 0 aliphatic heterocycles. The number of rotatable bonds is 5. The van der Waals surface area contributed by atoms with Crippen LogP contribution in [0.5, 0.6) is 0 Å². The Kier molecular flexibility index (Phi) is 6.16. The summed E-state index contributed by atoms with van der Waals surface area (Å²) >= 11 is 0. The Hall–Kier alpha value is -5.74. The van der Waals surface area contributed by atoms with Gasteiger partial charge in [-0.2, -0.15) is 0 Å². The molecule has 5 aromatic carbocycles. The van der Waals surface area contributed by atoms with Gasteiger partial charge in [0, 0.05) is 29.1 Å². The fourth-order valence-corrected chi connectivity index (χ4v) is 5.86. The maximum atomic E-state index is 4.98. The maximum Gasteiger partial charge on any atom is 0.165 e. The second kappa shape index (κ2) is 10.6. The van der Waals surface area contributed by atoms with Crippen molar-refractivity contribution < 1.29 is 0 Å². The molecule has 0 saturated carbocycles. The van der Waals surface area contributed by atoms with Gasteiger partial charge in [0.15, 0.2) is 17.5 Å². The molecular weight excluding hydrogens is 524 g/mol. The number of nitrogens with zero attached hydrogens (tertiary/aromatic N) is 4. The largest absolute Gasteiger partial charge is 0.264 e. The van der Waals surface area contributed by atoms with E-state index in [0.29, 0.717) is 17.5 Å². The molecule has 0 radical (unpaired) electrons. The van der Waals surface area contributed by atoms with Crippen molar-refractivity contribution in [1.29, 1.82) is 0 Å². The Labute approximate surface area is 250 Å². The van der Waals surface area contributed by atoms with Crippen LogP contribution in [-0.4, -0.2) is 19.9 Å². The average Bonchev–Trinajstić information content (AvgIpc) is 3.47. The topological polar surface area (TPSA) is 51.6 Å². The van der Waals surface area contributed by atoms with Crippen molar-refractivity contribution in [3.05, 3.63) is 157 Å². The lowest BCUT2D eigenvalue weighted by Crippen LogP contribution is -2.00. The molecule has 43 heavy (non-hydrogen) atoms. The minimum Gasteiger partial charge on any atom is -0.264 e. The molecule has 0 fully saturated rings. The van der Waals surface area contributed by atoms with Crippen LogP contribution in [-0.2, 0) is 6.42 Å². The number of fused-ring (bicyclic) bond motifs is 3. The number of hydrogen-bond donors (Lipinski definition) is 0.